The molecule has 1 aromatic heterocycles. The Kier molecular flexibility index (Phi) is 7.33. The summed E-state index contributed by atoms with van der Waals surface area (Å²) in [5, 5.41) is 14.4. The average molecular weight is 738 g/mol. The molecular weight excluding hydrogens is 699 g/mol. The van der Waals surface area contributed by atoms with Gasteiger partial charge in [-0.3, -0.25) is 16.0 Å². The van der Waals surface area contributed by atoms with Crippen LogP contribution in [0.5, 0.6) is 11.5 Å². The normalized spacial score (nSPS) is 21.2. The van der Waals surface area contributed by atoms with Gasteiger partial charge in [0.2, 0.25) is 0 Å². The third kappa shape index (κ3) is 4.87. The summed E-state index contributed by atoms with van der Waals surface area (Å²) in [6, 6.07) is 56.7. The minimum atomic E-state index is -0.569. The number of rotatable bonds is 4. The molecule has 2 aliphatic carbocycles. The van der Waals surface area contributed by atoms with E-state index in [0.717, 1.165) is 51.0 Å². The zero-order valence-corrected chi connectivity index (χ0v) is 31.2. The smallest absolute Gasteiger partial charge is 0.143 e. The van der Waals surface area contributed by atoms with Crippen LogP contribution in [-0.4, -0.2) is 6.17 Å². The topological polar surface area (TPSA) is 58.5 Å². The molecule has 1 saturated heterocycles. The van der Waals surface area contributed by atoms with Crippen molar-refractivity contribution < 1.29 is 9.15 Å². The van der Waals surface area contributed by atoms with Crippen molar-refractivity contribution >= 4 is 21.9 Å². The molecule has 1 fully saturated rings. The molecule has 1 spiro atoms. The standard InChI is InChI=1S/C52H39N3O2/c1-2-14-33(15-3-1)49-53-50(34-30-28-32(29-31-34)35-19-12-20-39-38-18-6-10-25-44(38)57-48(35)39)55-51(54-49)40-21-13-27-46-47(40)52(43-24-9-11-26-45(43)56-46)41-22-7-4-16-36(41)37-17-5-8-23-42(37)52/h1-14,16-31,33,49-51,53-55H,15H2. The van der Waals surface area contributed by atoms with Gasteiger partial charge in [-0.2, -0.15) is 0 Å². The molecule has 274 valence electrons. The van der Waals surface area contributed by atoms with Crippen LogP contribution in [0, 0.1) is 5.92 Å². The molecule has 4 unspecified atom stereocenters. The summed E-state index contributed by atoms with van der Waals surface area (Å²) < 4.78 is 13.3. The Labute approximate surface area is 331 Å². The second kappa shape index (κ2) is 12.8. The molecule has 3 heterocycles. The molecule has 57 heavy (non-hydrogen) atoms. The summed E-state index contributed by atoms with van der Waals surface area (Å²) in [5.41, 5.74) is 13.3. The maximum Gasteiger partial charge on any atom is 0.143 e. The van der Waals surface area contributed by atoms with E-state index < -0.39 is 5.41 Å². The number of para-hydroxylation sites is 3. The van der Waals surface area contributed by atoms with Gasteiger partial charge in [0.15, 0.2) is 0 Å². The first-order valence-corrected chi connectivity index (χ1v) is 20.0. The summed E-state index contributed by atoms with van der Waals surface area (Å²) >= 11 is 0. The predicted octanol–water partition coefficient (Wildman–Crippen LogP) is 11.7. The van der Waals surface area contributed by atoms with Gasteiger partial charge in [0.05, 0.1) is 23.9 Å². The maximum absolute atomic E-state index is 6.89. The largest absolute Gasteiger partial charge is 0.457 e. The summed E-state index contributed by atoms with van der Waals surface area (Å²) in [6.45, 7) is 0. The second-order valence-corrected chi connectivity index (χ2v) is 15.6. The fourth-order valence-electron chi connectivity index (χ4n) is 10.2. The van der Waals surface area contributed by atoms with Gasteiger partial charge in [0.25, 0.3) is 0 Å². The van der Waals surface area contributed by atoms with E-state index in [4.69, 9.17) is 9.15 Å². The highest BCUT2D eigenvalue weighted by molar-refractivity contribution is 6.09. The molecule has 2 aliphatic heterocycles. The lowest BCUT2D eigenvalue weighted by Gasteiger charge is -2.45. The van der Waals surface area contributed by atoms with Crippen molar-refractivity contribution in [3.63, 3.8) is 0 Å². The minimum absolute atomic E-state index is 0.00169. The van der Waals surface area contributed by atoms with Crippen molar-refractivity contribution in [3.05, 3.63) is 215 Å². The minimum Gasteiger partial charge on any atom is -0.457 e. The highest BCUT2D eigenvalue weighted by Crippen LogP contribution is 2.63. The van der Waals surface area contributed by atoms with Crippen LogP contribution in [0.2, 0.25) is 0 Å². The van der Waals surface area contributed by atoms with Gasteiger partial charge < -0.3 is 9.15 Å². The first-order valence-electron chi connectivity index (χ1n) is 20.0. The summed E-state index contributed by atoms with van der Waals surface area (Å²) in [4.78, 5) is 0. The maximum atomic E-state index is 6.89. The van der Waals surface area contributed by atoms with E-state index in [9.17, 15) is 0 Å². The van der Waals surface area contributed by atoms with Gasteiger partial charge in [-0.1, -0.05) is 164 Å². The van der Waals surface area contributed by atoms with Crippen LogP contribution in [0.3, 0.4) is 0 Å². The number of hydrogen-bond acceptors (Lipinski definition) is 5. The Hall–Kier alpha value is -6.50. The zero-order valence-electron chi connectivity index (χ0n) is 31.2. The summed E-state index contributed by atoms with van der Waals surface area (Å²) in [5.74, 6) is 2.05. The molecule has 0 radical (unpaired) electrons. The van der Waals surface area contributed by atoms with Gasteiger partial charge in [-0.25, -0.2) is 0 Å². The Balaban J connectivity index is 0.992. The van der Waals surface area contributed by atoms with Gasteiger partial charge in [-0.15, -0.1) is 0 Å². The molecule has 5 heteroatoms. The Morgan fingerprint density at radius 2 is 1.19 bits per heavy atom. The zero-order chi connectivity index (χ0) is 37.5. The molecule has 4 atom stereocenters. The van der Waals surface area contributed by atoms with E-state index in [1.165, 1.54) is 44.5 Å². The average Bonchev–Trinajstić information content (AvgIpc) is 3.81. The highest BCUT2D eigenvalue weighted by atomic mass is 16.5. The van der Waals surface area contributed by atoms with E-state index in [-0.39, 0.29) is 24.4 Å². The fraction of sp³-hybridized carbons (Fsp3) is 0.115. The van der Waals surface area contributed by atoms with Crippen LogP contribution in [0.4, 0.5) is 0 Å². The number of nitrogens with one attached hydrogen (secondary N) is 3. The van der Waals surface area contributed by atoms with Crippen LogP contribution in [0.15, 0.2) is 186 Å². The van der Waals surface area contributed by atoms with Crippen LogP contribution < -0.4 is 20.7 Å². The Morgan fingerprint density at radius 3 is 2.00 bits per heavy atom. The number of hydrogen-bond donors (Lipinski definition) is 3. The quantitative estimate of drug-likeness (QED) is 0.168. The molecule has 3 N–H and O–H groups in total. The van der Waals surface area contributed by atoms with Crippen LogP contribution in [-0.2, 0) is 5.41 Å². The number of ether oxygens (including phenoxy) is 1. The first-order chi connectivity index (χ1) is 28.3. The van der Waals surface area contributed by atoms with Gasteiger partial charge >= 0.3 is 0 Å². The van der Waals surface area contributed by atoms with Crippen LogP contribution in [0.1, 0.15) is 52.1 Å². The monoisotopic (exact) mass is 737 g/mol. The molecule has 4 aliphatic rings. The van der Waals surface area contributed by atoms with Crippen LogP contribution >= 0.6 is 0 Å². The lowest BCUT2D eigenvalue weighted by Crippen LogP contribution is -2.61. The lowest BCUT2D eigenvalue weighted by molar-refractivity contribution is 0.169. The van der Waals surface area contributed by atoms with Gasteiger partial charge in [-0.05, 0) is 63.6 Å². The predicted molar refractivity (Wildman–Crippen MR) is 228 cm³/mol. The van der Waals surface area contributed by atoms with E-state index in [2.05, 4.69) is 186 Å². The summed E-state index contributed by atoms with van der Waals surface area (Å²) in [7, 11) is 0. The third-order valence-corrected chi connectivity index (χ3v) is 12.6. The fourth-order valence-corrected chi connectivity index (χ4v) is 10.2. The molecule has 5 nitrogen and oxygen atoms in total. The first kappa shape index (κ1) is 32.7. The number of furan rings is 1. The molecule has 0 saturated carbocycles. The number of allylic oxidation sites excluding steroid dienone is 3. The number of fused-ring (bicyclic) bond motifs is 12. The third-order valence-electron chi connectivity index (χ3n) is 12.6. The molecule has 0 bridgehead atoms. The van der Waals surface area contributed by atoms with Gasteiger partial charge in [0, 0.05) is 33.4 Å². The lowest BCUT2D eigenvalue weighted by atomic mass is 9.64. The molecule has 0 amide bonds. The Morgan fingerprint density at radius 1 is 0.526 bits per heavy atom. The Bertz CT molecular complexity index is 2890. The molecule has 8 aromatic rings. The molecule has 7 aromatic carbocycles. The van der Waals surface area contributed by atoms with E-state index >= 15 is 0 Å². The van der Waals surface area contributed by atoms with Crippen molar-refractivity contribution in [2.45, 2.75) is 30.3 Å². The SMILES string of the molecule is C1=CCC(C2NC(c3ccc(-c4cccc5c4oc4ccccc45)cc3)NC(c3cccc4c3C3(c5ccccc5O4)c4ccccc4-c4ccccc43)N2)C=C1. The highest BCUT2D eigenvalue weighted by Gasteiger charge is 2.53. The second-order valence-electron chi connectivity index (χ2n) is 15.6. The van der Waals surface area contributed by atoms with Crippen LogP contribution in [0.25, 0.3) is 44.2 Å². The summed E-state index contributed by atoms with van der Waals surface area (Å²) in [6.07, 6.45) is 9.53. The van der Waals surface area contributed by atoms with Crippen molar-refractivity contribution in [1.29, 1.82) is 0 Å². The van der Waals surface area contributed by atoms with E-state index in [1.54, 1.807) is 0 Å². The molecule has 12 rings (SSSR count). The van der Waals surface area contributed by atoms with Gasteiger partial charge in [0.1, 0.15) is 22.7 Å². The number of benzene rings is 7. The van der Waals surface area contributed by atoms with Crippen molar-refractivity contribution in [2.75, 3.05) is 0 Å². The van der Waals surface area contributed by atoms with E-state index in [0.29, 0.717) is 0 Å². The molecular formula is C52H39N3O2. The van der Waals surface area contributed by atoms with E-state index in [1.807, 2.05) is 12.1 Å². The van der Waals surface area contributed by atoms with Crippen molar-refractivity contribution in [1.82, 2.24) is 16.0 Å². The van der Waals surface area contributed by atoms with Crippen molar-refractivity contribution in [3.8, 4) is 33.8 Å². The van der Waals surface area contributed by atoms with Crippen molar-refractivity contribution in [2.24, 2.45) is 5.92 Å².